The quantitative estimate of drug-likeness (QED) is 0.831. The number of anilines is 1. The molecule has 5 heteroatoms. The van der Waals surface area contributed by atoms with Crippen LogP contribution in [0.2, 0.25) is 0 Å². The van der Waals surface area contributed by atoms with Gasteiger partial charge in [-0.25, -0.2) is 8.78 Å². The van der Waals surface area contributed by atoms with E-state index in [0.717, 1.165) is 10.1 Å². The third kappa shape index (κ3) is 1.50. The van der Waals surface area contributed by atoms with Crippen LogP contribution in [0.1, 0.15) is 12.0 Å². The molecule has 2 N–H and O–H groups in total. The Morgan fingerprint density at radius 2 is 2.07 bits per heavy atom. The number of rotatable bonds is 1. The molecule has 1 aromatic heterocycles. The van der Waals surface area contributed by atoms with E-state index in [1.807, 2.05) is 0 Å². The summed E-state index contributed by atoms with van der Waals surface area (Å²) in [4.78, 5) is 0. The first-order valence-electron chi connectivity index (χ1n) is 3.85. The lowest BCUT2D eigenvalue weighted by atomic mass is 10.2. The Morgan fingerprint density at radius 3 is 2.71 bits per heavy atom. The Bertz CT molecular complexity index is 481. The van der Waals surface area contributed by atoms with Crippen LogP contribution >= 0.6 is 27.3 Å². The van der Waals surface area contributed by atoms with Gasteiger partial charge in [0.25, 0.3) is 6.43 Å². The topological polar surface area (TPSA) is 26.0 Å². The Hall–Kier alpha value is -0.680. The third-order valence-corrected chi connectivity index (χ3v) is 4.02. The van der Waals surface area contributed by atoms with Crippen LogP contribution in [0.15, 0.2) is 22.7 Å². The van der Waals surface area contributed by atoms with Crippen LogP contribution in [-0.2, 0) is 0 Å². The first-order valence-corrected chi connectivity index (χ1v) is 5.46. The van der Waals surface area contributed by atoms with Gasteiger partial charge in [-0.3, -0.25) is 0 Å². The van der Waals surface area contributed by atoms with E-state index in [2.05, 4.69) is 15.9 Å². The summed E-state index contributed by atoms with van der Waals surface area (Å²) in [5.41, 5.74) is 5.61. The van der Waals surface area contributed by atoms with Crippen molar-refractivity contribution < 1.29 is 8.78 Å². The maximum atomic E-state index is 12.5. The van der Waals surface area contributed by atoms with Crippen LogP contribution in [-0.4, -0.2) is 0 Å². The Kier molecular flexibility index (Phi) is 2.45. The van der Waals surface area contributed by atoms with E-state index in [-0.39, 0.29) is 5.56 Å². The summed E-state index contributed by atoms with van der Waals surface area (Å²) in [7, 11) is 0. The number of nitrogen functional groups attached to an aromatic ring is 1. The number of fused-ring (bicyclic) bond motifs is 1. The van der Waals surface area contributed by atoms with Gasteiger partial charge in [0.1, 0.15) is 0 Å². The molecule has 1 aromatic carbocycles. The van der Waals surface area contributed by atoms with E-state index in [4.69, 9.17) is 5.73 Å². The van der Waals surface area contributed by atoms with Gasteiger partial charge in [-0.1, -0.05) is 12.1 Å². The highest BCUT2D eigenvalue weighted by Gasteiger charge is 2.14. The van der Waals surface area contributed by atoms with E-state index in [9.17, 15) is 8.78 Å². The second-order valence-corrected chi connectivity index (χ2v) is 4.71. The number of halogens is 3. The van der Waals surface area contributed by atoms with Crippen molar-refractivity contribution in [3.05, 3.63) is 28.2 Å². The number of benzene rings is 1. The van der Waals surface area contributed by atoms with Gasteiger partial charge in [0, 0.05) is 10.0 Å². The minimum absolute atomic E-state index is 0.0133. The third-order valence-electron chi connectivity index (χ3n) is 1.91. The number of alkyl halides is 2. The molecule has 0 spiro atoms. The molecule has 0 amide bonds. The molecule has 1 nitrogen and oxygen atoms in total. The lowest BCUT2D eigenvalue weighted by molar-refractivity contribution is 0.151. The van der Waals surface area contributed by atoms with Crippen LogP contribution in [0.3, 0.4) is 0 Å². The number of nitrogens with two attached hydrogens (primary N) is 1. The molecule has 1 heterocycles. The van der Waals surface area contributed by atoms with Gasteiger partial charge < -0.3 is 5.73 Å². The SMILES string of the molecule is Nc1cc2ccc(C(F)F)c(Br)c2s1. The van der Waals surface area contributed by atoms with Crippen LogP contribution in [0.4, 0.5) is 13.8 Å². The first-order chi connectivity index (χ1) is 6.59. The monoisotopic (exact) mass is 277 g/mol. The first kappa shape index (κ1) is 9.86. The summed E-state index contributed by atoms with van der Waals surface area (Å²) in [6, 6.07) is 4.86. The normalized spacial score (nSPS) is 11.4. The Labute approximate surface area is 91.7 Å². The maximum absolute atomic E-state index is 12.5. The zero-order valence-corrected chi connectivity index (χ0v) is 9.33. The van der Waals surface area contributed by atoms with Gasteiger partial charge in [0.05, 0.1) is 9.70 Å². The van der Waals surface area contributed by atoms with Crippen LogP contribution in [0, 0.1) is 0 Å². The lowest BCUT2D eigenvalue weighted by Gasteiger charge is -2.03. The van der Waals surface area contributed by atoms with Crippen molar-refractivity contribution in [2.24, 2.45) is 0 Å². The van der Waals surface area contributed by atoms with Crippen molar-refractivity contribution in [1.82, 2.24) is 0 Å². The predicted octanol–water partition coefficient (Wildman–Crippen LogP) is 4.18. The van der Waals surface area contributed by atoms with Crippen molar-refractivity contribution in [2.75, 3.05) is 5.73 Å². The fraction of sp³-hybridized carbons (Fsp3) is 0.111. The zero-order valence-electron chi connectivity index (χ0n) is 6.93. The molecule has 2 rings (SSSR count). The van der Waals surface area contributed by atoms with E-state index in [1.165, 1.54) is 17.4 Å². The molecule has 14 heavy (non-hydrogen) atoms. The van der Waals surface area contributed by atoms with Crippen LogP contribution in [0.25, 0.3) is 10.1 Å². The van der Waals surface area contributed by atoms with Crippen molar-refractivity contribution >= 4 is 42.4 Å². The zero-order chi connectivity index (χ0) is 10.3. The van der Waals surface area contributed by atoms with E-state index >= 15 is 0 Å². The maximum Gasteiger partial charge on any atom is 0.264 e. The number of hydrogen-bond donors (Lipinski definition) is 1. The van der Waals surface area contributed by atoms with Gasteiger partial charge in [0.15, 0.2) is 0 Å². The molecule has 0 aliphatic heterocycles. The molecule has 0 saturated heterocycles. The molecule has 0 bridgehead atoms. The van der Waals surface area contributed by atoms with Gasteiger partial charge in [-0.05, 0) is 27.4 Å². The minimum atomic E-state index is -2.46. The van der Waals surface area contributed by atoms with Gasteiger partial charge in [-0.15, -0.1) is 11.3 Å². The fourth-order valence-corrected chi connectivity index (χ4v) is 2.92. The van der Waals surface area contributed by atoms with Crippen LogP contribution < -0.4 is 5.73 Å². The van der Waals surface area contributed by atoms with Crippen molar-refractivity contribution in [3.63, 3.8) is 0 Å². The molecular formula is C9H6BrF2NS. The average Bonchev–Trinajstić information content (AvgIpc) is 2.46. The van der Waals surface area contributed by atoms with Crippen LogP contribution in [0.5, 0.6) is 0 Å². The molecule has 74 valence electrons. The number of hydrogen-bond acceptors (Lipinski definition) is 2. The van der Waals surface area contributed by atoms with Gasteiger partial charge >= 0.3 is 0 Å². The summed E-state index contributed by atoms with van der Waals surface area (Å²) in [6.07, 6.45) is -2.46. The highest BCUT2D eigenvalue weighted by atomic mass is 79.9. The van der Waals surface area contributed by atoms with Crippen molar-refractivity contribution in [3.8, 4) is 0 Å². The standard InChI is InChI=1S/C9H6BrF2NS/c10-7-5(9(11)12)2-1-4-3-6(13)14-8(4)7/h1-3,9H,13H2. The molecule has 0 aliphatic rings. The summed E-state index contributed by atoms with van der Waals surface area (Å²) < 4.78 is 26.2. The summed E-state index contributed by atoms with van der Waals surface area (Å²) in [5, 5.41) is 1.52. The largest absolute Gasteiger partial charge is 0.391 e. The van der Waals surface area contributed by atoms with Crippen molar-refractivity contribution in [1.29, 1.82) is 0 Å². The van der Waals surface area contributed by atoms with Gasteiger partial charge in [0.2, 0.25) is 0 Å². The second kappa shape index (κ2) is 3.47. The Morgan fingerprint density at radius 1 is 1.36 bits per heavy atom. The lowest BCUT2D eigenvalue weighted by Crippen LogP contribution is -1.84. The highest BCUT2D eigenvalue weighted by molar-refractivity contribution is 9.10. The van der Waals surface area contributed by atoms with E-state index < -0.39 is 6.43 Å². The fourth-order valence-electron chi connectivity index (χ4n) is 1.27. The molecule has 0 radical (unpaired) electrons. The molecule has 0 fully saturated rings. The summed E-state index contributed by atoms with van der Waals surface area (Å²) >= 11 is 4.48. The van der Waals surface area contributed by atoms with Gasteiger partial charge in [-0.2, -0.15) is 0 Å². The molecule has 0 unspecified atom stereocenters. The summed E-state index contributed by atoms with van der Waals surface area (Å²) in [6.45, 7) is 0. The smallest absolute Gasteiger partial charge is 0.264 e. The predicted molar refractivity (Wildman–Crippen MR) is 58.9 cm³/mol. The molecule has 0 saturated carbocycles. The van der Waals surface area contributed by atoms with E-state index in [1.54, 1.807) is 12.1 Å². The molecular weight excluding hydrogens is 272 g/mol. The molecule has 0 aliphatic carbocycles. The average molecular weight is 278 g/mol. The minimum Gasteiger partial charge on any atom is -0.391 e. The van der Waals surface area contributed by atoms with E-state index in [0.29, 0.717) is 9.47 Å². The molecule has 2 aromatic rings. The summed E-state index contributed by atoms with van der Waals surface area (Å²) in [5.74, 6) is 0. The second-order valence-electron chi connectivity index (χ2n) is 2.84. The van der Waals surface area contributed by atoms with Crippen molar-refractivity contribution in [2.45, 2.75) is 6.43 Å². The number of thiophene rings is 1. The Balaban J connectivity index is 2.74. The molecule has 0 atom stereocenters. The highest BCUT2D eigenvalue weighted by Crippen LogP contribution is 2.38.